The molecule has 2 N–H and O–H groups in total. The van der Waals surface area contributed by atoms with Crippen LogP contribution in [0.5, 0.6) is 11.5 Å². The molecule has 0 spiro atoms. The van der Waals surface area contributed by atoms with E-state index >= 15 is 0 Å². The molecular weight excluding hydrogens is 214 g/mol. The average molecular weight is 225 g/mol. The molecule has 4 nitrogen and oxygen atoms in total. The molecular formula is C13H11N3O. The number of nitrogens with zero attached hydrogens (tertiary/aromatic N) is 2. The van der Waals surface area contributed by atoms with E-state index in [9.17, 15) is 0 Å². The van der Waals surface area contributed by atoms with Crippen molar-refractivity contribution in [2.24, 2.45) is 0 Å². The minimum atomic E-state index is 0.400. The van der Waals surface area contributed by atoms with E-state index in [4.69, 9.17) is 15.7 Å². The lowest BCUT2D eigenvalue weighted by atomic mass is 10.1. The summed E-state index contributed by atoms with van der Waals surface area (Å²) in [7, 11) is 0. The van der Waals surface area contributed by atoms with Crippen molar-refractivity contribution in [2.75, 3.05) is 5.73 Å². The lowest BCUT2D eigenvalue weighted by Crippen LogP contribution is -1.92. The summed E-state index contributed by atoms with van der Waals surface area (Å²) in [6.07, 6.45) is 1.58. The quantitative estimate of drug-likeness (QED) is 0.852. The molecule has 0 aliphatic heterocycles. The van der Waals surface area contributed by atoms with Gasteiger partial charge in [-0.3, -0.25) is 0 Å². The smallest absolute Gasteiger partial charge is 0.132 e. The minimum absolute atomic E-state index is 0.400. The summed E-state index contributed by atoms with van der Waals surface area (Å²) in [4.78, 5) is 3.88. The number of ether oxygens (including phenoxy) is 1. The number of aromatic nitrogens is 1. The number of hydrogen-bond donors (Lipinski definition) is 1. The fraction of sp³-hybridized carbons (Fsp3) is 0.0769. The number of nitrogen functional groups attached to an aromatic ring is 1. The van der Waals surface area contributed by atoms with E-state index in [0.717, 1.165) is 5.56 Å². The van der Waals surface area contributed by atoms with Crippen molar-refractivity contribution >= 4 is 5.82 Å². The lowest BCUT2D eigenvalue weighted by molar-refractivity contribution is 0.478. The molecule has 0 amide bonds. The van der Waals surface area contributed by atoms with E-state index in [-0.39, 0.29) is 0 Å². The lowest BCUT2D eigenvalue weighted by Gasteiger charge is -2.08. The van der Waals surface area contributed by atoms with Crippen molar-refractivity contribution in [3.05, 3.63) is 47.7 Å². The van der Waals surface area contributed by atoms with Crippen molar-refractivity contribution in [1.82, 2.24) is 4.98 Å². The van der Waals surface area contributed by atoms with Crippen LogP contribution in [0, 0.1) is 18.3 Å². The molecule has 0 fully saturated rings. The standard InChI is InChI=1S/C13H11N3O/c1-9-2-3-10(8-14)6-12(9)17-11-4-5-16-13(15)7-11/h2-7H,1H3,(H2,15,16). The highest BCUT2D eigenvalue weighted by atomic mass is 16.5. The summed E-state index contributed by atoms with van der Waals surface area (Å²) in [5.74, 6) is 1.65. The Morgan fingerprint density at radius 3 is 2.82 bits per heavy atom. The highest BCUT2D eigenvalue weighted by Gasteiger charge is 2.03. The maximum absolute atomic E-state index is 8.83. The third-order valence-corrected chi connectivity index (χ3v) is 2.30. The van der Waals surface area contributed by atoms with Gasteiger partial charge in [0.05, 0.1) is 11.6 Å². The zero-order valence-corrected chi connectivity index (χ0v) is 9.34. The molecule has 17 heavy (non-hydrogen) atoms. The number of hydrogen-bond acceptors (Lipinski definition) is 4. The molecule has 0 bridgehead atoms. The van der Waals surface area contributed by atoms with Gasteiger partial charge in [0.15, 0.2) is 0 Å². The summed E-state index contributed by atoms with van der Waals surface area (Å²) < 4.78 is 5.66. The normalized spacial score (nSPS) is 9.65. The van der Waals surface area contributed by atoms with Gasteiger partial charge in [-0.25, -0.2) is 4.98 Å². The van der Waals surface area contributed by atoms with Crippen molar-refractivity contribution in [1.29, 1.82) is 5.26 Å². The van der Waals surface area contributed by atoms with E-state index < -0.39 is 0 Å². The van der Waals surface area contributed by atoms with E-state index in [0.29, 0.717) is 22.9 Å². The molecule has 1 aromatic carbocycles. The highest BCUT2D eigenvalue weighted by molar-refractivity contribution is 5.45. The van der Waals surface area contributed by atoms with Crippen LogP contribution in [0.2, 0.25) is 0 Å². The largest absolute Gasteiger partial charge is 0.457 e. The van der Waals surface area contributed by atoms with Gasteiger partial charge in [-0.15, -0.1) is 0 Å². The van der Waals surface area contributed by atoms with Gasteiger partial charge < -0.3 is 10.5 Å². The predicted octanol–water partition coefficient (Wildman–Crippen LogP) is 2.64. The third-order valence-electron chi connectivity index (χ3n) is 2.30. The predicted molar refractivity (Wildman–Crippen MR) is 64.6 cm³/mol. The molecule has 2 aromatic rings. The van der Waals surface area contributed by atoms with Crippen LogP contribution < -0.4 is 10.5 Å². The Labute approximate surface area is 99.3 Å². The van der Waals surface area contributed by atoms with Crippen LogP contribution in [0.25, 0.3) is 0 Å². The number of rotatable bonds is 2. The van der Waals surface area contributed by atoms with Gasteiger partial charge in [0.25, 0.3) is 0 Å². The van der Waals surface area contributed by atoms with E-state index in [1.54, 1.807) is 30.5 Å². The number of aryl methyl sites for hydroxylation is 1. The van der Waals surface area contributed by atoms with Crippen LogP contribution in [0.4, 0.5) is 5.82 Å². The Kier molecular flexibility index (Phi) is 2.93. The molecule has 84 valence electrons. The molecule has 0 aliphatic rings. The zero-order chi connectivity index (χ0) is 12.3. The zero-order valence-electron chi connectivity index (χ0n) is 9.34. The van der Waals surface area contributed by atoms with Gasteiger partial charge in [-0.05, 0) is 30.7 Å². The fourth-order valence-electron chi connectivity index (χ4n) is 1.40. The van der Waals surface area contributed by atoms with Gasteiger partial charge in [-0.2, -0.15) is 5.26 Å². The van der Waals surface area contributed by atoms with Gasteiger partial charge in [-0.1, -0.05) is 6.07 Å². The molecule has 0 saturated carbocycles. The van der Waals surface area contributed by atoms with Crippen molar-refractivity contribution < 1.29 is 4.74 Å². The number of anilines is 1. The summed E-state index contributed by atoms with van der Waals surface area (Å²) in [5.41, 5.74) is 7.08. The van der Waals surface area contributed by atoms with Gasteiger partial charge in [0.2, 0.25) is 0 Å². The first-order valence-corrected chi connectivity index (χ1v) is 5.09. The Balaban J connectivity index is 2.33. The maximum Gasteiger partial charge on any atom is 0.132 e. The monoisotopic (exact) mass is 225 g/mol. The number of pyridine rings is 1. The Morgan fingerprint density at radius 1 is 1.29 bits per heavy atom. The van der Waals surface area contributed by atoms with Crippen LogP contribution >= 0.6 is 0 Å². The minimum Gasteiger partial charge on any atom is -0.457 e. The van der Waals surface area contributed by atoms with Gasteiger partial charge in [0.1, 0.15) is 17.3 Å². The molecule has 1 heterocycles. The van der Waals surface area contributed by atoms with Crippen LogP contribution in [-0.2, 0) is 0 Å². The second-order valence-electron chi connectivity index (χ2n) is 3.61. The molecule has 1 aromatic heterocycles. The van der Waals surface area contributed by atoms with E-state index in [1.165, 1.54) is 0 Å². The summed E-state index contributed by atoms with van der Waals surface area (Å²) >= 11 is 0. The Hall–Kier alpha value is -2.54. The van der Waals surface area contributed by atoms with Crippen LogP contribution in [0.1, 0.15) is 11.1 Å². The van der Waals surface area contributed by atoms with Crippen molar-refractivity contribution in [2.45, 2.75) is 6.92 Å². The molecule has 0 saturated heterocycles. The van der Waals surface area contributed by atoms with Crippen LogP contribution in [-0.4, -0.2) is 4.98 Å². The molecule has 0 radical (unpaired) electrons. The first-order chi connectivity index (χ1) is 8.19. The summed E-state index contributed by atoms with van der Waals surface area (Å²) in [6.45, 7) is 1.92. The number of nitriles is 1. The number of nitrogens with two attached hydrogens (primary N) is 1. The van der Waals surface area contributed by atoms with Gasteiger partial charge >= 0.3 is 0 Å². The Morgan fingerprint density at radius 2 is 2.12 bits per heavy atom. The fourth-order valence-corrected chi connectivity index (χ4v) is 1.40. The number of benzene rings is 1. The second kappa shape index (κ2) is 4.54. The first-order valence-electron chi connectivity index (χ1n) is 5.09. The van der Waals surface area contributed by atoms with Crippen molar-refractivity contribution in [3.8, 4) is 17.6 Å². The maximum atomic E-state index is 8.83. The average Bonchev–Trinajstić information content (AvgIpc) is 2.32. The van der Waals surface area contributed by atoms with E-state index in [2.05, 4.69) is 11.1 Å². The van der Waals surface area contributed by atoms with Crippen LogP contribution in [0.3, 0.4) is 0 Å². The molecule has 2 rings (SSSR count). The second-order valence-corrected chi connectivity index (χ2v) is 3.61. The van der Waals surface area contributed by atoms with Gasteiger partial charge in [0, 0.05) is 12.3 Å². The highest BCUT2D eigenvalue weighted by Crippen LogP contribution is 2.26. The summed E-state index contributed by atoms with van der Waals surface area (Å²) in [5, 5.41) is 8.83. The van der Waals surface area contributed by atoms with Crippen LogP contribution in [0.15, 0.2) is 36.5 Å². The Bertz CT molecular complexity index is 587. The topological polar surface area (TPSA) is 71.9 Å². The molecule has 0 aliphatic carbocycles. The van der Waals surface area contributed by atoms with E-state index in [1.807, 2.05) is 13.0 Å². The molecule has 0 atom stereocenters. The molecule has 0 unspecified atom stereocenters. The summed E-state index contributed by atoms with van der Waals surface area (Å²) in [6, 6.07) is 10.7. The SMILES string of the molecule is Cc1ccc(C#N)cc1Oc1ccnc(N)c1. The van der Waals surface area contributed by atoms with Crippen molar-refractivity contribution in [3.63, 3.8) is 0 Å². The molecule has 4 heteroatoms. The third kappa shape index (κ3) is 2.52. The first kappa shape index (κ1) is 11.0.